The van der Waals surface area contributed by atoms with E-state index >= 15 is 0 Å². The Morgan fingerprint density at radius 2 is 1.92 bits per heavy atom. The number of benzene rings is 1. The van der Waals surface area contributed by atoms with Crippen molar-refractivity contribution < 1.29 is 13.2 Å². The van der Waals surface area contributed by atoms with Crippen LogP contribution in [0, 0.1) is 5.92 Å². The lowest BCUT2D eigenvalue weighted by Gasteiger charge is -2.41. The summed E-state index contributed by atoms with van der Waals surface area (Å²) in [6.07, 6.45) is 4.94. The minimum absolute atomic E-state index is 0.146. The van der Waals surface area contributed by atoms with Crippen LogP contribution in [0.2, 0.25) is 0 Å². The van der Waals surface area contributed by atoms with Crippen LogP contribution in [-0.4, -0.2) is 41.7 Å². The smallest absolute Gasteiger partial charge is 0.320 e. The molecule has 1 saturated heterocycles. The highest BCUT2D eigenvalue weighted by Gasteiger charge is 2.44. The molecule has 7 nitrogen and oxygen atoms in total. The summed E-state index contributed by atoms with van der Waals surface area (Å²) in [5, 5.41) is 8.42. The van der Waals surface area contributed by atoms with Gasteiger partial charge in [-0.1, -0.05) is 25.5 Å². The molecule has 1 unspecified atom stereocenters. The highest BCUT2D eigenvalue weighted by molar-refractivity contribution is 5.58. The van der Waals surface area contributed by atoms with Crippen LogP contribution in [0.4, 0.5) is 13.2 Å². The van der Waals surface area contributed by atoms with Gasteiger partial charge >= 0.3 is 11.9 Å². The molecule has 1 saturated carbocycles. The number of piperidine rings is 1. The van der Waals surface area contributed by atoms with Crippen molar-refractivity contribution in [1.82, 2.24) is 28.6 Å². The second-order valence-corrected chi connectivity index (χ2v) is 11.4. The molecular weight excluding hydrogens is 505 g/mol. The number of aryl methyl sites for hydroxylation is 1. The van der Waals surface area contributed by atoms with E-state index in [1.165, 1.54) is 16.8 Å². The molecular formula is C29H33F3N6O. The van der Waals surface area contributed by atoms with Gasteiger partial charge in [-0.05, 0) is 74.4 Å². The van der Waals surface area contributed by atoms with E-state index in [1.54, 1.807) is 18.6 Å². The van der Waals surface area contributed by atoms with Gasteiger partial charge in [-0.25, -0.2) is 4.79 Å². The van der Waals surface area contributed by atoms with E-state index in [9.17, 15) is 18.0 Å². The zero-order valence-electron chi connectivity index (χ0n) is 22.4. The fraction of sp³-hybridized carbons (Fsp3) is 0.483. The Kier molecular flexibility index (Phi) is 6.21. The predicted octanol–water partition coefficient (Wildman–Crippen LogP) is 5.50. The number of hydrogen-bond acceptors (Lipinski definition) is 4. The molecule has 1 aliphatic carbocycles. The van der Waals surface area contributed by atoms with E-state index in [0.29, 0.717) is 17.2 Å². The first kappa shape index (κ1) is 25.9. The van der Waals surface area contributed by atoms with E-state index < -0.39 is 17.4 Å². The first-order chi connectivity index (χ1) is 18.6. The lowest BCUT2D eigenvalue weighted by molar-refractivity contribution is -0.136. The van der Waals surface area contributed by atoms with Crippen LogP contribution >= 0.6 is 0 Å². The normalized spacial score (nSPS) is 20.7. The molecule has 4 aromatic rings. The number of rotatable bonds is 5. The van der Waals surface area contributed by atoms with Gasteiger partial charge in [-0.2, -0.15) is 13.2 Å². The summed E-state index contributed by atoms with van der Waals surface area (Å²) >= 11 is 0. The third-order valence-electron chi connectivity index (χ3n) is 8.84. The zero-order chi connectivity index (χ0) is 27.5. The maximum Gasteiger partial charge on any atom is 0.418 e. The Labute approximate surface area is 224 Å². The Bertz CT molecular complexity index is 1580. The number of aromatic nitrogens is 5. The van der Waals surface area contributed by atoms with Gasteiger partial charge in [-0.15, -0.1) is 10.2 Å². The fourth-order valence-electron chi connectivity index (χ4n) is 6.48. The van der Waals surface area contributed by atoms with Crippen LogP contribution < -0.4 is 5.69 Å². The molecule has 0 N–H and O–H groups in total. The second-order valence-electron chi connectivity index (χ2n) is 11.4. The summed E-state index contributed by atoms with van der Waals surface area (Å²) < 4.78 is 47.4. The minimum Gasteiger partial charge on any atom is -0.320 e. The van der Waals surface area contributed by atoms with Crippen molar-refractivity contribution in [3.63, 3.8) is 0 Å². The molecule has 4 heterocycles. The van der Waals surface area contributed by atoms with Crippen LogP contribution in [0.25, 0.3) is 11.2 Å². The maximum absolute atomic E-state index is 14.3. The van der Waals surface area contributed by atoms with Crippen molar-refractivity contribution in [2.24, 2.45) is 13.0 Å². The second kappa shape index (κ2) is 9.36. The largest absolute Gasteiger partial charge is 0.418 e. The van der Waals surface area contributed by atoms with Gasteiger partial charge in [-0.3, -0.25) is 13.9 Å². The summed E-state index contributed by atoms with van der Waals surface area (Å²) in [5.74, 6) is 1.34. The highest BCUT2D eigenvalue weighted by Crippen LogP contribution is 2.48. The van der Waals surface area contributed by atoms with Crippen LogP contribution in [-0.2, 0) is 18.6 Å². The molecule has 1 aromatic carbocycles. The van der Waals surface area contributed by atoms with E-state index in [-0.39, 0.29) is 17.0 Å². The van der Waals surface area contributed by atoms with Crippen LogP contribution in [0.5, 0.6) is 0 Å². The molecule has 1 aliphatic heterocycles. The molecule has 3 aromatic heterocycles. The molecule has 2 fully saturated rings. The summed E-state index contributed by atoms with van der Waals surface area (Å²) in [6, 6.07) is 8.50. The lowest BCUT2D eigenvalue weighted by Crippen LogP contribution is -2.38. The van der Waals surface area contributed by atoms with Gasteiger partial charge in [0.1, 0.15) is 12.2 Å². The topological polar surface area (TPSA) is 60.4 Å². The monoisotopic (exact) mass is 538 g/mol. The van der Waals surface area contributed by atoms with E-state index in [1.807, 2.05) is 36.7 Å². The first-order valence-corrected chi connectivity index (χ1v) is 13.6. The summed E-state index contributed by atoms with van der Waals surface area (Å²) in [4.78, 5) is 15.9. The van der Waals surface area contributed by atoms with Crippen molar-refractivity contribution in [1.29, 1.82) is 0 Å². The molecule has 39 heavy (non-hydrogen) atoms. The van der Waals surface area contributed by atoms with E-state index in [2.05, 4.69) is 22.0 Å². The number of nitrogens with zero attached hydrogens (tertiary/aromatic N) is 6. The molecule has 0 bridgehead atoms. The van der Waals surface area contributed by atoms with Crippen molar-refractivity contribution in [2.75, 3.05) is 13.1 Å². The summed E-state index contributed by atoms with van der Waals surface area (Å²) in [7, 11) is 1.91. The van der Waals surface area contributed by atoms with Gasteiger partial charge in [0.2, 0.25) is 0 Å². The number of fused-ring (bicyclic) bond motifs is 1. The molecule has 6 rings (SSSR count). The number of alkyl halides is 3. The van der Waals surface area contributed by atoms with Gasteiger partial charge in [0.15, 0.2) is 0 Å². The molecule has 0 spiro atoms. The molecule has 206 valence electrons. The molecule has 0 radical (unpaired) electrons. The number of imidazole rings is 1. The average Bonchev–Trinajstić information content (AvgIpc) is 3.45. The number of halogens is 3. The van der Waals surface area contributed by atoms with Gasteiger partial charge in [0, 0.05) is 32.0 Å². The Morgan fingerprint density at radius 3 is 2.56 bits per heavy atom. The van der Waals surface area contributed by atoms with E-state index in [4.69, 9.17) is 0 Å². The molecule has 0 amide bonds. The average molecular weight is 539 g/mol. The molecule has 10 heteroatoms. The van der Waals surface area contributed by atoms with Gasteiger partial charge < -0.3 is 4.57 Å². The standard InChI is InChI=1S/C29H33F3N6O/c1-19-7-5-12-36(15-19)20(2)21-13-24(29(30,31)32)25-17-37(27(39)38(25)16-21)23-9-4-8-22(14-23)28(10-6-11-28)26-34-33-18-35(26)3/h4,8-9,13-14,16-20H,5-7,10-12,15H2,1-3H3/t19-,20?/m0/s1. The quantitative estimate of drug-likeness (QED) is 0.337. The number of likely N-dealkylation sites (tertiary alicyclic amines) is 1. The van der Waals surface area contributed by atoms with Crippen LogP contribution in [0.1, 0.15) is 74.5 Å². The highest BCUT2D eigenvalue weighted by atomic mass is 19.4. The Balaban J connectivity index is 1.46. The molecule has 2 aliphatic rings. The van der Waals surface area contributed by atoms with Crippen LogP contribution in [0.3, 0.4) is 0 Å². The Morgan fingerprint density at radius 1 is 1.13 bits per heavy atom. The molecule has 2 atom stereocenters. The predicted molar refractivity (Wildman–Crippen MR) is 142 cm³/mol. The van der Waals surface area contributed by atoms with Crippen molar-refractivity contribution in [3.05, 3.63) is 82.1 Å². The fourth-order valence-corrected chi connectivity index (χ4v) is 6.48. The zero-order valence-corrected chi connectivity index (χ0v) is 22.4. The van der Waals surface area contributed by atoms with Gasteiger partial charge in [0.25, 0.3) is 0 Å². The third-order valence-corrected chi connectivity index (χ3v) is 8.84. The summed E-state index contributed by atoms with van der Waals surface area (Å²) in [6.45, 7) is 5.76. The number of hydrogen-bond donors (Lipinski definition) is 0. The number of pyridine rings is 1. The maximum atomic E-state index is 14.3. The SMILES string of the molecule is CC(c1cc(C(F)(F)F)c2cn(-c3cccc(C4(c5nncn5C)CCC4)c3)c(=O)n2c1)N1CCC[C@H](C)C1. The third kappa shape index (κ3) is 4.29. The Hall–Kier alpha value is -3.40. The summed E-state index contributed by atoms with van der Waals surface area (Å²) in [5.41, 5.74) is 0.223. The van der Waals surface area contributed by atoms with Crippen molar-refractivity contribution in [2.45, 2.75) is 63.6 Å². The van der Waals surface area contributed by atoms with Crippen LogP contribution in [0.15, 0.2) is 53.8 Å². The van der Waals surface area contributed by atoms with E-state index in [0.717, 1.165) is 61.0 Å². The first-order valence-electron chi connectivity index (χ1n) is 13.6. The van der Waals surface area contributed by atoms with Crippen molar-refractivity contribution in [3.8, 4) is 5.69 Å². The van der Waals surface area contributed by atoms with Crippen molar-refractivity contribution >= 4 is 5.52 Å². The lowest BCUT2D eigenvalue weighted by atomic mass is 9.63. The van der Waals surface area contributed by atoms with Gasteiger partial charge in [0.05, 0.1) is 22.2 Å². The minimum atomic E-state index is -4.60.